The van der Waals surface area contributed by atoms with Crippen LogP contribution in [0.2, 0.25) is 5.02 Å². The van der Waals surface area contributed by atoms with E-state index >= 15 is 0 Å². The quantitative estimate of drug-likeness (QED) is 0.730. The predicted molar refractivity (Wildman–Crippen MR) is 73.5 cm³/mol. The number of halogens is 4. The molecule has 0 radical (unpaired) electrons. The summed E-state index contributed by atoms with van der Waals surface area (Å²) >= 11 is 8.74. The summed E-state index contributed by atoms with van der Waals surface area (Å²) < 4.78 is 26.7. The molecular weight excluding hydrogens is 338 g/mol. The number of hydrogen-bond donors (Lipinski definition) is 0. The lowest BCUT2D eigenvalue weighted by Gasteiger charge is -2.05. The molecule has 0 aromatic heterocycles. The molecule has 19 heavy (non-hydrogen) atoms. The molecule has 0 atom stereocenters. The molecule has 0 saturated carbocycles. The van der Waals surface area contributed by atoms with Gasteiger partial charge in [-0.25, -0.2) is 8.78 Å². The zero-order valence-corrected chi connectivity index (χ0v) is 11.9. The van der Waals surface area contributed by atoms with E-state index in [1.807, 2.05) is 0 Å². The SMILES string of the molecule is O=C(Cc1ccc(F)cc1Br)c1ccc(Cl)c(F)c1. The smallest absolute Gasteiger partial charge is 0.167 e. The highest BCUT2D eigenvalue weighted by molar-refractivity contribution is 9.10. The van der Waals surface area contributed by atoms with E-state index in [-0.39, 0.29) is 28.6 Å². The highest BCUT2D eigenvalue weighted by Gasteiger charge is 2.12. The molecule has 0 saturated heterocycles. The maximum absolute atomic E-state index is 13.3. The molecular formula is C14H8BrClF2O. The number of Topliss-reactive ketones (excluding diaryl/α,β-unsaturated/α-hetero) is 1. The third kappa shape index (κ3) is 3.39. The average Bonchev–Trinajstić information content (AvgIpc) is 2.36. The van der Waals surface area contributed by atoms with Crippen LogP contribution in [0.25, 0.3) is 0 Å². The molecule has 2 rings (SSSR count). The Kier molecular flexibility index (Phi) is 4.32. The Labute approximate surface area is 122 Å². The van der Waals surface area contributed by atoms with Crippen molar-refractivity contribution in [1.82, 2.24) is 0 Å². The molecule has 0 aliphatic rings. The second-order valence-corrected chi connectivity index (χ2v) is 5.23. The summed E-state index contributed by atoms with van der Waals surface area (Å²) in [4.78, 5) is 12.0. The molecule has 98 valence electrons. The molecule has 0 unspecified atom stereocenters. The van der Waals surface area contributed by atoms with E-state index in [0.29, 0.717) is 10.0 Å². The van der Waals surface area contributed by atoms with Crippen molar-refractivity contribution in [3.8, 4) is 0 Å². The van der Waals surface area contributed by atoms with Crippen molar-refractivity contribution in [2.24, 2.45) is 0 Å². The van der Waals surface area contributed by atoms with E-state index in [1.165, 1.54) is 30.3 Å². The number of rotatable bonds is 3. The second-order valence-electron chi connectivity index (χ2n) is 3.96. The zero-order chi connectivity index (χ0) is 14.0. The van der Waals surface area contributed by atoms with Crippen LogP contribution in [0.3, 0.4) is 0 Å². The average molecular weight is 346 g/mol. The van der Waals surface area contributed by atoms with E-state index in [2.05, 4.69) is 15.9 Å². The van der Waals surface area contributed by atoms with Crippen LogP contribution in [0.15, 0.2) is 40.9 Å². The van der Waals surface area contributed by atoms with Crippen LogP contribution < -0.4 is 0 Å². The van der Waals surface area contributed by atoms with Gasteiger partial charge in [0.15, 0.2) is 5.78 Å². The van der Waals surface area contributed by atoms with Crippen molar-refractivity contribution in [2.45, 2.75) is 6.42 Å². The van der Waals surface area contributed by atoms with Crippen molar-refractivity contribution < 1.29 is 13.6 Å². The number of carbonyl (C=O) groups is 1. The first-order chi connectivity index (χ1) is 8.97. The normalized spacial score (nSPS) is 10.5. The van der Waals surface area contributed by atoms with Gasteiger partial charge in [-0.3, -0.25) is 4.79 Å². The number of hydrogen-bond acceptors (Lipinski definition) is 1. The highest BCUT2D eigenvalue weighted by Crippen LogP contribution is 2.21. The van der Waals surface area contributed by atoms with Gasteiger partial charge in [0.25, 0.3) is 0 Å². The Morgan fingerprint density at radius 3 is 2.53 bits per heavy atom. The molecule has 0 aliphatic carbocycles. The molecule has 2 aromatic rings. The van der Waals surface area contributed by atoms with E-state index in [1.54, 1.807) is 0 Å². The van der Waals surface area contributed by atoms with Crippen LogP contribution in [-0.2, 0) is 6.42 Å². The largest absolute Gasteiger partial charge is 0.294 e. The molecule has 0 aliphatic heterocycles. The van der Waals surface area contributed by atoms with Gasteiger partial charge >= 0.3 is 0 Å². The van der Waals surface area contributed by atoms with Gasteiger partial charge in [0, 0.05) is 16.5 Å². The van der Waals surface area contributed by atoms with E-state index in [0.717, 1.165) is 6.07 Å². The third-order valence-electron chi connectivity index (χ3n) is 2.61. The van der Waals surface area contributed by atoms with Gasteiger partial charge < -0.3 is 0 Å². The zero-order valence-electron chi connectivity index (χ0n) is 9.59. The number of carbonyl (C=O) groups excluding carboxylic acids is 1. The first-order valence-corrected chi connectivity index (χ1v) is 6.56. The van der Waals surface area contributed by atoms with Crippen LogP contribution >= 0.6 is 27.5 Å². The van der Waals surface area contributed by atoms with Gasteiger partial charge in [-0.05, 0) is 35.9 Å². The lowest BCUT2D eigenvalue weighted by molar-refractivity contribution is 0.0992. The summed E-state index contributed by atoms with van der Waals surface area (Å²) in [6.07, 6.45) is 0.0575. The molecule has 0 heterocycles. The van der Waals surface area contributed by atoms with Crippen molar-refractivity contribution in [3.63, 3.8) is 0 Å². The minimum atomic E-state index is -0.634. The summed E-state index contributed by atoms with van der Waals surface area (Å²) in [5.41, 5.74) is 0.875. The predicted octanol–water partition coefficient (Wildman–Crippen LogP) is 4.81. The lowest BCUT2D eigenvalue weighted by Crippen LogP contribution is -2.04. The molecule has 0 spiro atoms. The molecule has 0 N–H and O–H groups in total. The van der Waals surface area contributed by atoms with Crippen molar-refractivity contribution in [3.05, 3.63) is 68.7 Å². The fourth-order valence-electron chi connectivity index (χ4n) is 1.61. The van der Waals surface area contributed by atoms with Crippen LogP contribution in [0.4, 0.5) is 8.78 Å². The van der Waals surface area contributed by atoms with Gasteiger partial charge in [0.2, 0.25) is 0 Å². The second kappa shape index (κ2) is 5.80. The van der Waals surface area contributed by atoms with Gasteiger partial charge in [-0.2, -0.15) is 0 Å². The van der Waals surface area contributed by atoms with Gasteiger partial charge in [0.05, 0.1) is 5.02 Å². The van der Waals surface area contributed by atoms with Gasteiger partial charge in [-0.15, -0.1) is 0 Å². The summed E-state index contributed by atoms with van der Waals surface area (Å²) in [5, 5.41) is -0.0282. The summed E-state index contributed by atoms with van der Waals surface area (Å²) in [7, 11) is 0. The maximum Gasteiger partial charge on any atom is 0.167 e. The van der Waals surface area contributed by atoms with E-state index in [4.69, 9.17) is 11.6 Å². The van der Waals surface area contributed by atoms with Crippen LogP contribution in [0, 0.1) is 11.6 Å². The topological polar surface area (TPSA) is 17.1 Å². The molecule has 0 amide bonds. The third-order valence-corrected chi connectivity index (χ3v) is 3.65. The first kappa shape index (κ1) is 14.2. The first-order valence-electron chi connectivity index (χ1n) is 5.39. The van der Waals surface area contributed by atoms with Crippen LogP contribution in [-0.4, -0.2) is 5.78 Å². The summed E-state index contributed by atoms with van der Waals surface area (Å²) in [5.74, 6) is -1.28. The fraction of sp³-hybridized carbons (Fsp3) is 0.0714. The Morgan fingerprint density at radius 1 is 1.16 bits per heavy atom. The van der Waals surface area contributed by atoms with E-state index < -0.39 is 5.82 Å². The minimum absolute atomic E-state index is 0.0282. The standard InChI is InChI=1S/C14H8BrClF2O/c15-11-7-10(17)3-1-8(11)6-14(19)9-2-4-12(16)13(18)5-9/h1-5,7H,6H2. The van der Waals surface area contributed by atoms with Crippen molar-refractivity contribution in [2.75, 3.05) is 0 Å². The van der Waals surface area contributed by atoms with Gasteiger partial charge in [0.1, 0.15) is 11.6 Å². The Bertz CT molecular complexity index is 643. The molecule has 0 fully saturated rings. The van der Waals surface area contributed by atoms with Crippen molar-refractivity contribution in [1.29, 1.82) is 0 Å². The lowest BCUT2D eigenvalue weighted by atomic mass is 10.0. The molecule has 5 heteroatoms. The maximum atomic E-state index is 13.3. The minimum Gasteiger partial charge on any atom is -0.294 e. The number of ketones is 1. The molecule has 0 bridgehead atoms. The summed E-state index contributed by atoms with van der Waals surface area (Å²) in [6, 6.07) is 7.97. The van der Waals surface area contributed by atoms with Crippen molar-refractivity contribution >= 4 is 33.3 Å². The summed E-state index contributed by atoms with van der Waals surface area (Å²) in [6.45, 7) is 0. The fourth-order valence-corrected chi connectivity index (χ4v) is 2.22. The monoisotopic (exact) mass is 344 g/mol. The van der Waals surface area contributed by atoms with Crippen LogP contribution in [0.5, 0.6) is 0 Å². The Balaban J connectivity index is 2.23. The molecule has 1 nitrogen and oxygen atoms in total. The molecule has 2 aromatic carbocycles. The van der Waals surface area contributed by atoms with Gasteiger partial charge in [-0.1, -0.05) is 33.6 Å². The number of benzene rings is 2. The van der Waals surface area contributed by atoms with E-state index in [9.17, 15) is 13.6 Å². The highest BCUT2D eigenvalue weighted by atomic mass is 79.9. The Hall–Kier alpha value is -1.26. The Morgan fingerprint density at radius 2 is 1.89 bits per heavy atom. The van der Waals surface area contributed by atoms with Crippen LogP contribution in [0.1, 0.15) is 15.9 Å².